The molecule has 0 aliphatic carbocycles. The van der Waals surface area contributed by atoms with E-state index in [2.05, 4.69) is 4.98 Å². The zero-order chi connectivity index (χ0) is 16.6. The molecule has 1 unspecified atom stereocenters. The molecule has 0 saturated carbocycles. The van der Waals surface area contributed by atoms with Crippen LogP contribution in [0.2, 0.25) is 0 Å². The number of aromatic nitrogens is 2. The van der Waals surface area contributed by atoms with E-state index in [4.69, 9.17) is 15.6 Å². The summed E-state index contributed by atoms with van der Waals surface area (Å²) in [5.74, 6) is 0.0594. The van der Waals surface area contributed by atoms with Gasteiger partial charge in [-0.1, -0.05) is 30.3 Å². The predicted molar refractivity (Wildman–Crippen MR) is 81.4 cm³/mol. The minimum absolute atomic E-state index is 0.0594. The van der Waals surface area contributed by atoms with Gasteiger partial charge >= 0.3 is 5.69 Å². The van der Waals surface area contributed by atoms with Crippen LogP contribution < -0.4 is 11.4 Å². The van der Waals surface area contributed by atoms with E-state index in [0.29, 0.717) is 5.56 Å². The zero-order valence-electron chi connectivity index (χ0n) is 12.1. The first-order valence-electron chi connectivity index (χ1n) is 7.09. The maximum Gasteiger partial charge on any atom is 0.351 e. The summed E-state index contributed by atoms with van der Waals surface area (Å²) in [6.45, 7) is -0.475. The second kappa shape index (κ2) is 6.09. The molecule has 8 heteroatoms. The van der Waals surface area contributed by atoms with Crippen LogP contribution in [0.15, 0.2) is 41.3 Å². The number of aliphatic hydroxyl groups excluding tert-OH is 3. The predicted octanol–water partition coefficient (Wildman–Crippen LogP) is -0.896. The molecule has 1 aromatic heterocycles. The third kappa shape index (κ3) is 2.73. The highest BCUT2D eigenvalue weighted by Crippen LogP contribution is 2.30. The molecule has 0 radical (unpaired) electrons. The van der Waals surface area contributed by atoms with Gasteiger partial charge < -0.3 is 25.8 Å². The van der Waals surface area contributed by atoms with Crippen LogP contribution in [0.3, 0.4) is 0 Å². The molecule has 3 rings (SSSR count). The molecular formula is C15H17N3O5. The summed E-state index contributed by atoms with van der Waals surface area (Å²) in [4.78, 5) is 15.8. The lowest BCUT2D eigenvalue weighted by Crippen LogP contribution is -2.36. The Kier molecular flexibility index (Phi) is 4.14. The molecule has 23 heavy (non-hydrogen) atoms. The molecular weight excluding hydrogens is 302 g/mol. The van der Waals surface area contributed by atoms with Crippen LogP contribution in [0.1, 0.15) is 6.23 Å². The molecule has 0 amide bonds. The van der Waals surface area contributed by atoms with E-state index in [0.717, 1.165) is 10.1 Å². The van der Waals surface area contributed by atoms with E-state index >= 15 is 0 Å². The Bertz CT molecular complexity index is 749. The first-order valence-corrected chi connectivity index (χ1v) is 7.09. The number of hydrogen-bond acceptors (Lipinski definition) is 7. The Hall–Kier alpha value is -2.26. The smallest absolute Gasteiger partial charge is 0.351 e. The molecule has 5 N–H and O–H groups in total. The van der Waals surface area contributed by atoms with E-state index < -0.39 is 36.8 Å². The van der Waals surface area contributed by atoms with Crippen molar-refractivity contribution < 1.29 is 20.1 Å². The molecule has 1 aliphatic heterocycles. The first kappa shape index (κ1) is 15.6. The van der Waals surface area contributed by atoms with Crippen molar-refractivity contribution in [3.8, 4) is 11.1 Å². The van der Waals surface area contributed by atoms with Crippen LogP contribution >= 0.6 is 0 Å². The van der Waals surface area contributed by atoms with Gasteiger partial charge in [0.05, 0.1) is 6.61 Å². The zero-order valence-corrected chi connectivity index (χ0v) is 12.1. The minimum atomic E-state index is -1.36. The summed E-state index contributed by atoms with van der Waals surface area (Å²) in [5.41, 5.74) is 6.36. The average Bonchev–Trinajstić information content (AvgIpc) is 2.84. The van der Waals surface area contributed by atoms with Crippen LogP contribution in [-0.2, 0) is 4.74 Å². The lowest BCUT2D eigenvalue weighted by molar-refractivity contribution is -0.0548. The highest BCUT2D eigenvalue weighted by molar-refractivity contribution is 5.72. The molecule has 0 spiro atoms. The van der Waals surface area contributed by atoms with E-state index in [-0.39, 0.29) is 5.82 Å². The Morgan fingerprint density at radius 2 is 1.91 bits per heavy atom. The highest BCUT2D eigenvalue weighted by atomic mass is 16.6. The topological polar surface area (TPSA) is 131 Å². The summed E-state index contributed by atoms with van der Waals surface area (Å²) >= 11 is 0. The quantitative estimate of drug-likeness (QED) is 0.577. The molecule has 4 atom stereocenters. The van der Waals surface area contributed by atoms with Gasteiger partial charge in [0.15, 0.2) is 6.23 Å². The Balaban J connectivity index is 2.06. The van der Waals surface area contributed by atoms with Crippen LogP contribution in [0, 0.1) is 0 Å². The number of nitrogen functional groups attached to an aromatic ring is 1. The van der Waals surface area contributed by atoms with Crippen molar-refractivity contribution in [1.29, 1.82) is 0 Å². The molecule has 1 fully saturated rings. The average molecular weight is 319 g/mol. The number of aliphatic hydroxyl groups is 3. The van der Waals surface area contributed by atoms with Crippen molar-refractivity contribution >= 4 is 5.82 Å². The van der Waals surface area contributed by atoms with Gasteiger partial charge in [0.25, 0.3) is 0 Å². The maximum absolute atomic E-state index is 12.1. The number of rotatable bonds is 3. The number of ether oxygens (including phenoxy) is 1. The first-order chi connectivity index (χ1) is 11.0. The van der Waals surface area contributed by atoms with Gasteiger partial charge in [0.1, 0.15) is 24.1 Å². The lowest BCUT2D eigenvalue weighted by Gasteiger charge is -2.18. The fraction of sp³-hybridized carbons (Fsp3) is 0.333. The van der Waals surface area contributed by atoms with Gasteiger partial charge in [0, 0.05) is 11.8 Å². The summed E-state index contributed by atoms with van der Waals surface area (Å²) in [7, 11) is 0. The van der Waals surface area contributed by atoms with Gasteiger partial charge in [-0.05, 0) is 5.56 Å². The largest absolute Gasteiger partial charge is 0.394 e. The number of nitrogens with two attached hydrogens (primary N) is 1. The third-order valence-electron chi connectivity index (χ3n) is 3.86. The van der Waals surface area contributed by atoms with Crippen LogP contribution in [0.4, 0.5) is 5.82 Å². The van der Waals surface area contributed by atoms with Crippen LogP contribution in [0.5, 0.6) is 0 Å². The van der Waals surface area contributed by atoms with E-state index in [1.54, 1.807) is 12.1 Å². The van der Waals surface area contributed by atoms with Crippen molar-refractivity contribution in [1.82, 2.24) is 9.55 Å². The van der Waals surface area contributed by atoms with Crippen LogP contribution in [0.25, 0.3) is 11.1 Å². The minimum Gasteiger partial charge on any atom is -0.394 e. The monoisotopic (exact) mass is 319 g/mol. The third-order valence-corrected chi connectivity index (χ3v) is 3.86. The number of anilines is 1. The van der Waals surface area contributed by atoms with Gasteiger partial charge in [-0.15, -0.1) is 0 Å². The summed E-state index contributed by atoms with van der Waals surface area (Å²) < 4.78 is 6.44. The summed E-state index contributed by atoms with van der Waals surface area (Å²) in [5, 5.41) is 29.0. The Morgan fingerprint density at radius 1 is 1.22 bits per heavy atom. The van der Waals surface area contributed by atoms with E-state index in [1.165, 1.54) is 6.20 Å². The van der Waals surface area contributed by atoms with Gasteiger partial charge in [0.2, 0.25) is 0 Å². The SMILES string of the molecule is Nc1nc(=O)n([C@@H]2O[C@H](CO)C(O)[C@@H]2O)cc1-c1ccccc1. The molecule has 0 bridgehead atoms. The van der Waals surface area contributed by atoms with Crippen molar-refractivity contribution in [2.45, 2.75) is 24.5 Å². The van der Waals surface area contributed by atoms with Gasteiger partial charge in [-0.2, -0.15) is 4.98 Å². The highest BCUT2D eigenvalue weighted by Gasteiger charge is 2.43. The van der Waals surface area contributed by atoms with Crippen molar-refractivity contribution in [3.05, 3.63) is 47.0 Å². The molecule has 1 saturated heterocycles. The molecule has 122 valence electrons. The standard InChI is InChI=1S/C15H17N3O5/c16-13-9(8-4-2-1-3-5-8)6-18(15(22)17-13)14-12(21)11(20)10(7-19)23-14/h1-6,10-12,14,19-21H,7H2,(H2,16,17,22)/t10-,11?,12+,14-/m1/s1. The number of hydrogen-bond donors (Lipinski definition) is 4. The summed E-state index contributed by atoms with van der Waals surface area (Å²) in [6.07, 6.45) is -3.35. The normalized spacial score (nSPS) is 27.3. The molecule has 2 aromatic rings. The van der Waals surface area contributed by atoms with Crippen molar-refractivity contribution in [3.63, 3.8) is 0 Å². The molecule has 1 aliphatic rings. The summed E-state index contributed by atoms with van der Waals surface area (Å²) in [6, 6.07) is 9.08. The number of nitrogens with zero attached hydrogens (tertiary/aromatic N) is 2. The lowest BCUT2D eigenvalue weighted by atomic mass is 10.1. The van der Waals surface area contributed by atoms with E-state index in [1.807, 2.05) is 18.2 Å². The van der Waals surface area contributed by atoms with Crippen molar-refractivity contribution in [2.75, 3.05) is 12.3 Å². The van der Waals surface area contributed by atoms with Crippen molar-refractivity contribution in [2.24, 2.45) is 0 Å². The molecule has 8 nitrogen and oxygen atoms in total. The fourth-order valence-electron chi connectivity index (χ4n) is 2.61. The van der Waals surface area contributed by atoms with Gasteiger partial charge in [-0.25, -0.2) is 4.79 Å². The second-order valence-corrected chi connectivity index (χ2v) is 5.32. The van der Waals surface area contributed by atoms with Gasteiger partial charge in [-0.3, -0.25) is 4.57 Å². The molecule has 2 heterocycles. The Labute approximate surface area is 131 Å². The van der Waals surface area contributed by atoms with E-state index in [9.17, 15) is 15.0 Å². The number of benzene rings is 1. The van der Waals surface area contributed by atoms with Crippen LogP contribution in [-0.4, -0.2) is 49.8 Å². The Morgan fingerprint density at radius 3 is 2.52 bits per heavy atom. The second-order valence-electron chi connectivity index (χ2n) is 5.32. The fourth-order valence-corrected chi connectivity index (χ4v) is 2.61. The maximum atomic E-state index is 12.1. The molecule has 1 aromatic carbocycles.